The van der Waals surface area contributed by atoms with Gasteiger partial charge in [0, 0.05) is 0 Å². The van der Waals surface area contributed by atoms with Gasteiger partial charge in [0.1, 0.15) is 0 Å². The molecule has 0 heterocycles. The third-order valence-electron chi connectivity index (χ3n) is 2.56. The molecule has 0 saturated heterocycles. The van der Waals surface area contributed by atoms with Crippen LogP contribution in [-0.4, -0.2) is 6.54 Å². The summed E-state index contributed by atoms with van der Waals surface area (Å²) in [6, 6.07) is 0. The summed E-state index contributed by atoms with van der Waals surface area (Å²) >= 11 is -2.00. The van der Waals surface area contributed by atoms with E-state index in [0.717, 1.165) is 6.54 Å². The molecule has 0 aromatic carbocycles. The molecule has 0 atom stereocenters. The summed E-state index contributed by atoms with van der Waals surface area (Å²) in [6.07, 6.45) is 13.9. The molecule has 0 aromatic rings. The third kappa shape index (κ3) is 23.8. The Morgan fingerprint density at radius 3 is 1.38 bits per heavy atom. The van der Waals surface area contributed by atoms with Crippen LogP contribution >= 0.6 is 0 Å². The first-order valence-corrected chi connectivity index (χ1v) is 7.80. The van der Waals surface area contributed by atoms with Crippen molar-refractivity contribution in [2.45, 2.75) is 71.1 Å². The van der Waals surface area contributed by atoms with Crippen molar-refractivity contribution in [1.29, 1.82) is 0 Å². The topological polar surface area (TPSA) is 60.2 Å². The molecule has 0 spiro atoms. The Balaban J connectivity index is 0. The molecule has 0 aliphatic carbocycles. The molecule has 0 saturated carbocycles. The Hall–Kier alpha value is 0.274. The fraction of sp³-hybridized carbons (Fsp3) is 1.00. The number of hydrogen-bond acceptors (Lipinski definition) is 3. The van der Waals surface area contributed by atoms with Crippen molar-refractivity contribution in [3.8, 4) is 0 Å². The molecule has 0 amide bonds. The molecular weight excluding hydrogens is 238 g/mol. The third-order valence-corrected chi connectivity index (χ3v) is 2.56. The molecule has 0 bridgehead atoms. The van der Waals surface area contributed by atoms with E-state index in [1.807, 2.05) is 0 Å². The van der Waals surface area contributed by atoms with Gasteiger partial charge in [0.2, 0.25) is 0 Å². The van der Waals surface area contributed by atoms with Crippen molar-refractivity contribution >= 4 is 0 Å². The summed E-state index contributed by atoms with van der Waals surface area (Å²) < 4.78 is 17.0. The average molecular weight is 265 g/mol. The van der Waals surface area contributed by atoms with Gasteiger partial charge in [-0.05, 0) is 13.0 Å². The van der Waals surface area contributed by atoms with Gasteiger partial charge < -0.3 is 5.73 Å². The Morgan fingerprint density at radius 1 is 0.750 bits per heavy atom. The summed E-state index contributed by atoms with van der Waals surface area (Å²) in [6.45, 7) is 3.14. The molecule has 0 aliphatic rings. The quantitative estimate of drug-likeness (QED) is 0.484. The molecule has 0 rings (SSSR count). The summed E-state index contributed by atoms with van der Waals surface area (Å²) in [4.78, 5) is 0. The zero-order valence-electron chi connectivity index (χ0n) is 10.7. The zero-order valence-corrected chi connectivity index (χ0v) is 12.2. The van der Waals surface area contributed by atoms with Crippen molar-refractivity contribution in [1.82, 2.24) is 0 Å². The van der Waals surface area contributed by atoms with Gasteiger partial charge in [0.05, 0.1) is 0 Å². The second-order valence-electron chi connectivity index (χ2n) is 4.05. The van der Waals surface area contributed by atoms with Gasteiger partial charge in [-0.2, -0.15) is 0 Å². The molecule has 96 valence electrons. The molecule has 3 nitrogen and oxygen atoms in total. The maximum absolute atomic E-state index is 8.50. The van der Waals surface area contributed by atoms with Gasteiger partial charge in [-0.15, -0.1) is 0 Å². The molecule has 0 aromatic heterocycles. The SMILES string of the molecule is CCCCCCCCCCCCN.[O]=[Ti]=[O]. The Labute approximate surface area is 109 Å². The summed E-state index contributed by atoms with van der Waals surface area (Å²) in [5.74, 6) is 0. The number of nitrogens with two attached hydrogens (primary N) is 1. The van der Waals surface area contributed by atoms with E-state index in [2.05, 4.69) is 6.92 Å². The fourth-order valence-corrected chi connectivity index (χ4v) is 1.63. The van der Waals surface area contributed by atoms with Crippen molar-refractivity contribution in [3.63, 3.8) is 0 Å². The number of hydrogen-bond donors (Lipinski definition) is 1. The Bertz CT molecular complexity index is 138. The van der Waals surface area contributed by atoms with Crippen molar-refractivity contribution in [2.75, 3.05) is 6.54 Å². The standard InChI is InChI=1S/C12H27N.2O.Ti/c1-2-3-4-5-6-7-8-9-10-11-12-13;;;/h2-13H2,1H3;;;. The fourth-order valence-electron chi connectivity index (χ4n) is 1.63. The molecular formula is C12H27NO2Ti. The summed E-state index contributed by atoms with van der Waals surface area (Å²) in [5.41, 5.74) is 5.42. The molecule has 2 N–H and O–H groups in total. The molecule has 0 unspecified atom stereocenters. The molecule has 0 aliphatic heterocycles. The van der Waals surface area contributed by atoms with Gasteiger partial charge >= 0.3 is 25.7 Å². The average Bonchev–Trinajstić information content (AvgIpc) is 2.28. The van der Waals surface area contributed by atoms with Crippen LogP contribution in [0, 0.1) is 0 Å². The van der Waals surface area contributed by atoms with E-state index < -0.39 is 19.1 Å². The van der Waals surface area contributed by atoms with Gasteiger partial charge in [0.15, 0.2) is 0 Å². The van der Waals surface area contributed by atoms with Crippen LogP contribution in [0.4, 0.5) is 0 Å². The first kappa shape index (κ1) is 18.6. The van der Waals surface area contributed by atoms with Crippen molar-refractivity contribution in [3.05, 3.63) is 0 Å². The van der Waals surface area contributed by atoms with Crippen molar-refractivity contribution < 1.29 is 25.7 Å². The van der Waals surface area contributed by atoms with Gasteiger partial charge in [-0.3, -0.25) is 0 Å². The van der Waals surface area contributed by atoms with E-state index in [-0.39, 0.29) is 0 Å². The number of rotatable bonds is 10. The first-order chi connectivity index (χ1) is 7.83. The van der Waals surface area contributed by atoms with Crippen LogP contribution in [0.3, 0.4) is 0 Å². The van der Waals surface area contributed by atoms with Gasteiger partial charge in [-0.25, -0.2) is 0 Å². The second-order valence-corrected chi connectivity index (χ2v) is 4.31. The van der Waals surface area contributed by atoms with Crippen LogP contribution in [-0.2, 0) is 25.7 Å². The molecule has 16 heavy (non-hydrogen) atoms. The molecule has 0 radical (unpaired) electrons. The Morgan fingerprint density at radius 2 is 1.06 bits per heavy atom. The van der Waals surface area contributed by atoms with E-state index in [4.69, 9.17) is 12.4 Å². The van der Waals surface area contributed by atoms with Crippen LogP contribution in [0.25, 0.3) is 0 Å². The van der Waals surface area contributed by atoms with Crippen molar-refractivity contribution in [2.24, 2.45) is 5.73 Å². The summed E-state index contributed by atoms with van der Waals surface area (Å²) in [5, 5.41) is 0. The van der Waals surface area contributed by atoms with Gasteiger partial charge in [-0.1, -0.05) is 64.7 Å². The van der Waals surface area contributed by atoms with Crippen LogP contribution in [0.15, 0.2) is 0 Å². The van der Waals surface area contributed by atoms with Crippen LogP contribution < -0.4 is 5.73 Å². The van der Waals surface area contributed by atoms with E-state index in [1.54, 1.807) is 0 Å². The van der Waals surface area contributed by atoms with Crippen LogP contribution in [0.1, 0.15) is 71.1 Å². The minimum absolute atomic E-state index is 0.872. The summed E-state index contributed by atoms with van der Waals surface area (Å²) in [7, 11) is 0. The van der Waals surface area contributed by atoms with E-state index in [1.165, 1.54) is 64.2 Å². The predicted molar refractivity (Wildman–Crippen MR) is 62.3 cm³/mol. The molecule has 0 fully saturated rings. The molecule has 4 heteroatoms. The van der Waals surface area contributed by atoms with Crippen LogP contribution in [0.2, 0.25) is 0 Å². The second kappa shape index (κ2) is 20.7. The van der Waals surface area contributed by atoms with Gasteiger partial charge in [0.25, 0.3) is 0 Å². The number of unbranched alkanes of at least 4 members (excludes halogenated alkanes) is 9. The Kier molecular flexibility index (Phi) is 24.1. The van der Waals surface area contributed by atoms with Crippen LogP contribution in [0.5, 0.6) is 0 Å². The first-order valence-electron chi connectivity index (χ1n) is 6.52. The predicted octanol–water partition coefficient (Wildman–Crippen LogP) is 3.63. The van der Waals surface area contributed by atoms with E-state index in [0.29, 0.717) is 0 Å². The normalized spacial score (nSPS) is 9.12. The minimum atomic E-state index is -2.00. The van der Waals surface area contributed by atoms with E-state index >= 15 is 0 Å². The zero-order chi connectivity index (χ0) is 12.5. The maximum atomic E-state index is 8.50. The monoisotopic (exact) mass is 265 g/mol. The van der Waals surface area contributed by atoms with E-state index in [9.17, 15) is 0 Å².